The fourth-order valence-electron chi connectivity index (χ4n) is 1.14. The van der Waals surface area contributed by atoms with Gasteiger partial charge >= 0.3 is 0 Å². The van der Waals surface area contributed by atoms with Crippen molar-refractivity contribution in [3.05, 3.63) is 18.2 Å². The third kappa shape index (κ3) is 3.13. The number of hydrogen-bond acceptors (Lipinski definition) is 4. The van der Waals surface area contributed by atoms with Gasteiger partial charge in [-0.25, -0.2) is 0 Å². The van der Waals surface area contributed by atoms with E-state index in [2.05, 4.69) is 5.32 Å². The molecule has 0 saturated heterocycles. The van der Waals surface area contributed by atoms with E-state index in [9.17, 15) is 4.79 Å². The Bertz CT molecular complexity index is 355. The van der Waals surface area contributed by atoms with Crippen molar-refractivity contribution in [3.63, 3.8) is 0 Å². The van der Waals surface area contributed by atoms with Crippen molar-refractivity contribution in [2.24, 2.45) is 5.73 Å². The number of methoxy groups -OCH3 is 2. The maximum Gasteiger partial charge on any atom is 0.241 e. The summed E-state index contributed by atoms with van der Waals surface area (Å²) in [6.07, 6.45) is 0. The van der Waals surface area contributed by atoms with E-state index in [1.807, 2.05) is 0 Å². The van der Waals surface area contributed by atoms with E-state index in [1.165, 1.54) is 0 Å². The zero-order valence-electron chi connectivity index (χ0n) is 9.61. The lowest BCUT2D eigenvalue weighted by molar-refractivity contribution is -0.117. The van der Waals surface area contributed by atoms with Gasteiger partial charge in [0.05, 0.1) is 20.3 Å². The molecule has 0 aliphatic heterocycles. The molecule has 1 rings (SSSR count). The molecule has 16 heavy (non-hydrogen) atoms. The Balaban J connectivity index is 2.91. The van der Waals surface area contributed by atoms with E-state index in [0.717, 1.165) is 0 Å². The van der Waals surface area contributed by atoms with Crippen molar-refractivity contribution in [3.8, 4) is 11.5 Å². The molecule has 0 radical (unpaired) electrons. The second-order valence-corrected chi connectivity index (χ2v) is 3.38. The van der Waals surface area contributed by atoms with E-state index in [0.29, 0.717) is 17.2 Å². The van der Waals surface area contributed by atoms with E-state index in [4.69, 9.17) is 15.2 Å². The van der Waals surface area contributed by atoms with Crippen LogP contribution in [0.4, 0.5) is 5.69 Å². The van der Waals surface area contributed by atoms with E-state index in [-0.39, 0.29) is 5.91 Å². The summed E-state index contributed by atoms with van der Waals surface area (Å²) in [6.45, 7) is 1.62. The Morgan fingerprint density at radius 3 is 2.12 bits per heavy atom. The Kier molecular flexibility index (Phi) is 4.13. The Morgan fingerprint density at radius 2 is 1.75 bits per heavy atom. The highest BCUT2D eigenvalue weighted by Crippen LogP contribution is 2.25. The molecular formula is C11H16N2O3. The highest BCUT2D eigenvalue weighted by Gasteiger charge is 2.09. The highest BCUT2D eigenvalue weighted by molar-refractivity contribution is 5.94. The Hall–Kier alpha value is -1.75. The maximum absolute atomic E-state index is 11.4. The van der Waals surface area contributed by atoms with Crippen LogP contribution in [0.25, 0.3) is 0 Å². The molecule has 0 aliphatic rings. The van der Waals surface area contributed by atoms with Crippen LogP contribution < -0.4 is 20.5 Å². The van der Waals surface area contributed by atoms with Gasteiger partial charge in [0.25, 0.3) is 0 Å². The van der Waals surface area contributed by atoms with E-state index in [1.54, 1.807) is 39.3 Å². The Labute approximate surface area is 94.5 Å². The number of hydrogen-bond donors (Lipinski definition) is 2. The van der Waals surface area contributed by atoms with Crippen LogP contribution in [0.2, 0.25) is 0 Å². The third-order valence-corrected chi connectivity index (χ3v) is 2.03. The first-order valence-electron chi connectivity index (χ1n) is 4.86. The molecule has 3 N–H and O–H groups in total. The minimum absolute atomic E-state index is 0.254. The third-order valence-electron chi connectivity index (χ3n) is 2.03. The number of ether oxygens (including phenoxy) is 2. The molecule has 0 fully saturated rings. The lowest BCUT2D eigenvalue weighted by Crippen LogP contribution is -2.32. The average molecular weight is 224 g/mol. The van der Waals surface area contributed by atoms with Crippen LogP contribution in [0, 0.1) is 0 Å². The monoisotopic (exact) mass is 224 g/mol. The van der Waals surface area contributed by atoms with Crippen LogP contribution in [-0.4, -0.2) is 26.2 Å². The molecule has 0 aromatic heterocycles. The first-order chi connectivity index (χ1) is 7.56. The first kappa shape index (κ1) is 12.3. The molecule has 1 amide bonds. The molecule has 0 heterocycles. The summed E-state index contributed by atoms with van der Waals surface area (Å²) in [5.74, 6) is 0.967. The lowest BCUT2D eigenvalue weighted by atomic mass is 10.2. The second-order valence-electron chi connectivity index (χ2n) is 3.38. The molecule has 5 nitrogen and oxygen atoms in total. The number of benzene rings is 1. The van der Waals surface area contributed by atoms with Gasteiger partial charge in [0.2, 0.25) is 5.91 Å². The summed E-state index contributed by atoms with van der Waals surface area (Å²) in [4.78, 5) is 11.4. The van der Waals surface area contributed by atoms with Gasteiger partial charge in [-0.05, 0) is 6.92 Å². The number of anilines is 1. The molecule has 0 aliphatic carbocycles. The summed E-state index contributed by atoms with van der Waals surface area (Å²) >= 11 is 0. The van der Waals surface area contributed by atoms with Gasteiger partial charge in [0, 0.05) is 23.9 Å². The van der Waals surface area contributed by atoms with Gasteiger partial charge in [-0.2, -0.15) is 0 Å². The van der Waals surface area contributed by atoms with Crippen molar-refractivity contribution in [2.45, 2.75) is 13.0 Å². The molecule has 0 bridgehead atoms. The normalized spacial score (nSPS) is 11.8. The van der Waals surface area contributed by atoms with Gasteiger partial charge in [-0.1, -0.05) is 0 Å². The van der Waals surface area contributed by atoms with Crippen molar-refractivity contribution >= 4 is 11.6 Å². The largest absolute Gasteiger partial charge is 0.497 e. The van der Waals surface area contributed by atoms with Gasteiger partial charge in [0.1, 0.15) is 11.5 Å². The number of carbonyl (C=O) groups excluding carboxylic acids is 1. The molecule has 0 unspecified atom stereocenters. The summed E-state index contributed by atoms with van der Waals surface area (Å²) < 4.78 is 10.2. The van der Waals surface area contributed by atoms with Crippen LogP contribution in [0.15, 0.2) is 18.2 Å². The molecule has 88 valence electrons. The second kappa shape index (κ2) is 5.37. The summed E-state index contributed by atoms with van der Waals surface area (Å²) in [5.41, 5.74) is 6.05. The summed E-state index contributed by atoms with van der Waals surface area (Å²) in [6, 6.07) is 4.56. The standard InChI is InChI=1S/C11H16N2O3/c1-7(12)11(14)13-8-4-9(15-2)6-10(5-8)16-3/h4-7H,12H2,1-3H3,(H,13,14)/t7-/m0/s1. The van der Waals surface area contributed by atoms with Crippen LogP contribution in [0.3, 0.4) is 0 Å². The molecule has 1 aromatic rings. The van der Waals surface area contributed by atoms with Crippen LogP contribution in [-0.2, 0) is 4.79 Å². The molecule has 0 saturated carbocycles. The Morgan fingerprint density at radius 1 is 1.25 bits per heavy atom. The predicted molar refractivity (Wildman–Crippen MR) is 61.8 cm³/mol. The van der Waals surface area contributed by atoms with Crippen LogP contribution in [0.1, 0.15) is 6.92 Å². The fourth-order valence-corrected chi connectivity index (χ4v) is 1.14. The minimum atomic E-state index is -0.558. The van der Waals surface area contributed by atoms with Crippen molar-refractivity contribution in [1.82, 2.24) is 0 Å². The van der Waals surface area contributed by atoms with Gasteiger partial charge in [-0.15, -0.1) is 0 Å². The SMILES string of the molecule is COc1cc(NC(=O)[C@H](C)N)cc(OC)c1. The first-order valence-corrected chi connectivity index (χ1v) is 4.86. The van der Waals surface area contributed by atoms with Crippen molar-refractivity contribution in [2.75, 3.05) is 19.5 Å². The molecule has 1 aromatic carbocycles. The minimum Gasteiger partial charge on any atom is -0.497 e. The molecular weight excluding hydrogens is 208 g/mol. The maximum atomic E-state index is 11.4. The number of amides is 1. The number of nitrogens with one attached hydrogen (secondary N) is 1. The summed E-state index contributed by atoms with van der Waals surface area (Å²) in [7, 11) is 3.10. The van der Waals surface area contributed by atoms with Crippen LogP contribution in [0.5, 0.6) is 11.5 Å². The average Bonchev–Trinajstić information content (AvgIpc) is 2.28. The number of rotatable bonds is 4. The molecule has 5 heteroatoms. The van der Waals surface area contributed by atoms with Gasteiger partial charge in [-0.3, -0.25) is 4.79 Å². The lowest BCUT2D eigenvalue weighted by Gasteiger charge is -2.11. The topological polar surface area (TPSA) is 73.6 Å². The molecule has 0 spiro atoms. The van der Waals surface area contributed by atoms with Crippen molar-refractivity contribution in [1.29, 1.82) is 0 Å². The number of nitrogens with two attached hydrogens (primary N) is 1. The van der Waals surface area contributed by atoms with Crippen molar-refractivity contribution < 1.29 is 14.3 Å². The van der Waals surface area contributed by atoms with Gasteiger partial charge < -0.3 is 20.5 Å². The zero-order chi connectivity index (χ0) is 12.1. The smallest absolute Gasteiger partial charge is 0.241 e. The van der Waals surface area contributed by atoms with Gasteiger partial charge in [0.15, 0.2) is 0 Å². The number of carbonyl (C=O) groups is 1. The summed E-state index contributed by atoms with van der Waals surface area (Å²) in [5, 5.41) is 2.67. The quantitative estimate of drug-likeness (QED) is 0.799. The van der Waals surface area contributed by atoms with E-state index >= 15 is 0 Å². The van der Waals surface area contributed by atoms with Crippen LogP contribution >= 0.6 is 0 Å². The van der Waals surface area contributed by atoms with E-state index < -0.39 is 6.04 Å². The molecule has 1 atom stereocenters. The zero-order valence-corrected chi connectivity index (χ0v) is 9.61. The predicted octanol–water partition coefficient (Wildman–Crippen LogP) is 0.989. The fraction of sp³-hybridized carbons (Fsp3) is 0.364. The highest BCUT2D eigenvalue weighted by atomic mass is 16.5.